The maximum Gasteiger partial charge on any atom is 0.422 e. The Kier molecular flexibility index (Phi) is 4.47. The van der Waals surface area contributed by atoms with Gasteiger partial charge in [-0.15, -0.1) is 4.83 Å². The third-order valence-electron chi connectivity index (χ3n) is 6.38. The van der Waals surface area contributed by atoms with Crippen molar-refractivity contribution < 1.29 is 17.9 Å². The molecule has 1 aromatic rings. The SMILES string of the molecule is CCOC(=O)NNS(=O)(=O)c1ccc(C23CC4CC(CC(C4)C2)C3)cc1. The normalized spacial score (nSPS) is 32.4. The second-order valence-corrected chi connectivity index (χ2v) is 9.86. The highest BCUT2D eigenvalue weighted by Gasteiger charge is 2.51. The molecule has 0 aromatic heterocycles. The standard InChI is InChI=1S/C19H26N2O4S/c1-2-25-18(22)20-21-26(23,24)17-5-3-16(4-6-17)19-10-13-7-14(11-19)9-15(8-13)12-19/h3-6,13-15,21H,2,7-12H2,1H3,(H,20,22). The van der Waals surface area contributed by atoms with Crippen molar-refractivity contribution in [2.75, 3.05) is 6.61 Å². The molecule has 4 aliphatic carbocycles. The van der Waals surface area contributed by atoms with E-state index in [4.69, 9.17) is 0 Å². The van der Waals surface area contributed by atoms with Crippen LogP contribution in [0.3, 0.4) is 0 Å². The monoisotopic (exact) mass is 378 g/mol. The zero-order valence-corrected chi connectivity index (χ0v) is 15.8. The van der Waals surface area contributed by atoms with Crippen LogP contribution in [0.4, 0.5) is 4.79 Å². The van der Waals surface area contributed by atoms with E-state index in [9.17, 15) is 13.2 Å². The van der Waals surface area contributed by atoms with E-state index in [2.05, 4.69) is 9.57 Å². The van der Waals surface area contributed by atoms with Gasteiger partial charge in [-0.3, -0.25) is 0 Å². The molecule has 0 aliphatic heterocycles. The van der Waals surface area contributed by atoms with Crippen LogP contribution in [0.2, 0.25) is 0 Å². The van der Waals surface area contributed by atoms with E-state index in [-0.39, 0.29) is 16.9 Å². The summed E-state index contributed by atoms with van der Waals surface area (Å²) >= 11 is 0. The number of hydrogen-bond acceptors (Lipinski definition) is 4. The first-order valence-corrected chi connectivity index (χ1v) is 10.9. The molecule has 0 atom stereocenters. The molecule has 26 heavy (non-hydrogen) atoms. The summed E-state index contributed by atoms with van der Waals surface area (Å²) in [5.41, 5.74) is 3.56. The van der Waals surface area contributed by atoms with Crippen LogP contribution >= 0.6 is 0 Å². The van der Waals surface area contributed by atoms with Crippen molar-refractivity contribution in [3.63, 3.8) is 0 Å². The van der Waals surface area contributed by atoms with Gasteiger partial charge in [-0.1, -0.05) is 12.1 Å². The first kappa shape index (κ1) is 17.8. The molecule has 4 saturated carbocycles. The van der Waals surface area contributed by atoms with Gasteiger partial charge < -0.3 is 4.74 Å². The minimum absolute atomic E-state index is 0.141. The maximum atomic E-state index is 12.3. The lowest BCUT2D eigenvalue weighted by atomic mass is 9.48. The first-order chi connectivity index (χ1) is 12.4. The van der Waals surface area contributed by atoms with Crippen molar-refractivity contribution in [1.82, 2.24) is 10.3 Å². The van der Waals surface area contributed by atoms with Crippen molar-refractivity contribution in [3.8, 4) is 0 Å². The van der Waals surface area contributed by atoms with Gasteiger partial charge >= 0.3 is 6.09 Å². The summed E-state index contributed by atoms with van der Waals surface area (Å²) in [6.07, 6.45) is 7.07. The number of hydrogen-bond donors (Lipinski definition) is 2. The Bertz CT molecular complexity index is 753. The van der Waals surface area contributed by atoms with E-state index < -0.39 is 16.1 Å². The number of sulfonamides is 1. The molecule has 0 saturated heterocycles. The summed E-state index contributed by atoms with van der Waals surface area (Å²) in [5.74, 6) is 2.54. The Morgan fingerprint density at radius 1 is 1.08 bits per heavy atom. The lowest BCUT2D eigenvalue weighted by Crippen LogP contribution is -2.48. The number of nitrogens with one attached hydrogen (secondary N) is 2. The zero-order chi connectivity index (χ0) is 18.4. The van der Waals surface area contributed by atoms with Crippen molar-refractivity contribution in [3.05, 3.63) is 29.8 Å². The highest BCUT2D eigenvalue weighted by Crippen LogP contribution is 2.60. The fourth-order valence-electron chi connectivity index (χ4n) is 5.79. The third-order valence-corrected chi connectivity index (χ3v) is 7.64. The van der Waals surface area contributed by atoms with E-state index in [0.29, 0.717) is 0 Å². The second-order valence-electron chi connectivity index (χ2n) is 8.17. The molecule has 4 aliphatic rings. The second kappa shape index (κ2) is 6.53. The molecule has 1 amide bonds. The summed E-state index contributed by atoms with van der Waals surface area (Å²) in [6.45, 7) is 1.82. The Morgan fingerprint density at radius 2 is 1.62 bits per heavy atom. The fraction of sp³-hybridized carbons (Fsp3) is 0.632. The number of carbonyl (C=O) groups excluding carboxylic acids is 1. The highest BCUT2D eigenvalue weighted by molar-refractivity contribution is 7.89. The van der Waals surface area contributed by atoms with Crippen LogP contribution in [0.1, 0.15) is 51.0 Å². The number of ether oxygens (including phenoxy) is 1. The summed E-state index contributed by atoms with van der Waals surface area (Å²) in [6, 6.07) is 7.21. The van der Waals surface area contributed by atoms with Gasteiger partial charge in [-0.25, -0.2) is 18.6 Å². The molecule has 0 radical (unpaired) electrons. The molecule has 5 rings (SSSR count). The van der Waals surface area contributed by atoms with Gasteiger partial charge in [0.1, 0.15) is 0 Å². The summed E-state index contributed by atoms with van der Waals surface area (Å²) in [5, 5.41) is 0. The predicted octanol–water partition coefficient (Wildman–Crippen LogP) is 3.09. The van der Waals surface area contributed by atoms with Gasteiger partial charge in [-0.2, -0.15) is 0 Å². The Morgan fingerprint density at radius 3 is 2.12 bits per heavy atom. The molecule has 7 heteroatoms. The Hall–Kier alpha value is -1.60. The highest BCUT2D eigenvalue weighted by atomic mass is 32.2. The molecule has 0 heterocycles. The number of amides is 1. The van der Waals surface area contributed by atoms with Gasteiger partial charge in [0.15, 0.2) is 0 Å². The van der Waals surface area contributed by atoms with Crippen LogP contribution in [-0.4, -0.2) is 21.1 Å². The van der Waals surface area contributed by atoms with Crippen LogP contribution in [0.5, 0.6) is 0 Å². The zero-order valence-electron chi connectivity index (χ0n) is 15.0. The van der Waals surface area contributed by atoms with Gasteiger partial charge in [-0.05, 0) is 86.3 Å². The fourth-order valence-corrected chi connectivity index (χ4v) is 6.62. The molecule has 0 spiro atoms. The molecule has 142 valence electrons. The van der Waals surface area contributed by atoms with Crippen molar-refractivity contribution in [2.45, 2.75) is 55.8 Å². The van der Waals surface area contributed by atoms with Gasteiger partial charge in [0.05, 0.1) is 11.5 Å². The van der Waals surface area contributed by atoms with Gasteiger partial charge in [0, 0.05) is 0 Å². The largest absolute Gasteiger partial charge is 0.449 e. The molecule has 4 bridgehead atoms. The lowest BCUT2D eigenvalue weighted by Gasteiger charge is -2.57. The van der Waals surface area contributed by atoms with Crippen LogP contribution in [0, 0.1) is 17.8 Å². The Labute approximate surface area is 154 Å². The smallest absolute Gasteiger partial charge is 0.422 e. The molecule has 4 fully saturated rings. The topological polar surface area (TPSA) is 84.5 Å². The molecule has 1 aromatic carbocycles. The van der Waals surface area contributed by atoms with E-state index in [1.807, 2.05) is 17.6 Å². The predicted molar refractivity (Wildman–Crippen MR) is 96.8 cm³/mol. The average molecular weight is 378 g/mol. The van der Waals surface area contributed by atoms with Crippen LogP contribution in [0.25, 0.3) is 0 Å². The first-order valence-electron chi connectivity index (χ1n) is 9.45. The summed E-state index contributed by atoms with van der Waals surface area (Å²) in [7, 11) is -3.81. The van der Waals surface area contributed by atoms with Crippen molar-refractivity contribution in [2.24, 2.45) is 17.8 Å². The summed E-state index contributed by atoms with van der Waals surface area (Å²) in [4.78, 5) is 13.5. The average Bonchev–Trinajstić information content (AvgIpc) is 2.59. The molecule has 0 unspecified atom stereocenters. The van der Waals surface area contributed by atoms with E-state index in [1.165, 1.54) is 44.1 Å². The minimum Gasteiger partial charge on any atom is -0.449 e. The van der Waals surface area contributed by atoms with Crippen molar-refractivity contribution in [1.29, 1.82) is 0 Å². The van der Waals surface area contributed by atoms with Gasteiger partial charge in [0.25, 0.3) is 10.0 Å². The number of benzene rings is 1. The van der Waals surface area contributed by atoms with Crippen LogP contribution < -0.4 is 10.3 Å². The molecular weight excluding hydrogens is 352 g/mol. The van der Waals surface area contributed by atoms with Crippen molar-refractivity contribution >= 4 is 16.1 Å². The molecular formula is C19H26N2O4S. The maximum absolute atomic E-state index is 12.3. The quantitative estimate of drug-likeness (QED) is 0.771. The number of hydrazine groups is 1. The lowest BCUT2D eigenvalue weighted by molar-refractivity contribution is -0.00521. The minimum atomic E-state index is -3.81. The third kappa shape index (κ3) is 3.22. The number of carbonyl (C=O) groups is 1. The van der Waals surface area contributed by atoms with Gasteiger partial charge in [0.2, 0.25) is 0 Å². The van der Waals surface area contributed by atoms with E-state index >= 15 is 0 Å². The van der Waals surface area contributed by atoms with E-state index in [0.717, 1.165) is 17.8 Å². The van der Waals surface area contributed by atoms with Crippen LogP contribution in [0.15, 0.2) is 29.2 Å². The number of rotatable bonds is 5. The Balaban J connectivity index is 1.49. The van der Waals surface area contributed by atoms with E-state index in [1.54, 1.807) is 19.1 Å². The summed E-state index contributed by atoms with van der Waals surface area (Å²) < 4.78 is 29.3. The molecule has 2 N–H and O–H groups in total. The van der Waals surface area contributed by atoms with Crippen LogP contribution in [-0.2, 0) is 20.2 Å². The molecule has 6 nitrogen and oxygen atoms in total.